The molecule has 0 N–H and O–H groups in total. The maximum atomic E-state index is 13.3. The number of hydrogen-bond acceptors (Lipinski definition) is 7. The zero-order chi connectivity index (χ0) is 19.8. The first kappa shape index (κ1) is 18.1. The minimum absolute atomic E-state index is 0.0869. The van der Waals surface area contributed by atoms with Gasteiger partial charge in [-0.15, -0.1) is 11.3 Å². The van der Waals surface area contributed by atoms with Crippen LogP contribution in [0.1, 0.15) is 9.67 Å². The van der Waals surface area contributed by atoms with Crippen molar-refractivity contribution in [3.63, 3.8) is 0 Å². The van der Waals surface area contributed by atoms with Gasteiger partial charge < -0.3 is 9.80 Å². The van der Waals surface area contributed by atoms with E-state index in [1.165, 1.54) is 35.0 Å². The smallest absolute Gasteiger partial charge is 0.264 e. The largest absolute Gasteiger partial charge is 0.352 e. The van der Waals surface area contributed by atoms with E-state index in [1.54, 1.807) is 18.5 Å². The number of benzene rings is 1. The maximum Gasteiger partial charge on any atom is 0.264 e. The molecule has 4 aromatic rings. The molecule has 1 aliphatic heterocycles. The van der Waals surface area contributed by atoms with Crippen LogP contribution in [0.4, 0.5) is 10.2 Å². The van der Waals surface area contributed by atoms with Gasteiger partial charge in [0, 0.05) is 31.7 Å². The molecule has 0 bridgehead atoms. The van der Waals surface area contributed by atoms with Crippen molar-refractivity contribution in [2.75, 3.05) is 31.1 Å². The molecular formula is C20H16FN5OS2. The first-order valence-corrected chi connectivity index (χ1v) is 10.8. The molecule has 9 heteroatoms. The predicted molar refractivity (Wildman–Crippen MR) is 113 cm³/mol. The van der Waals surface area contributed by atoms with Gasteiger partial charge in [-0.3, -0.25) is 4.79 Å². The van der Waals surface area contributed by atoms with E-state index in [4.69, 9.17) is 0 Å². The van der Waals surface area contributed by atoms with Crippen LogP contribution in [0.2, 0.25) is 0 Å². The fourth-order valence-electron chi connectivity index (χ4n) is 3.45. The molecule has 4 heterocycles. The number of aromatic nitrogens is 3. The third-order valence-corrected chi connectivity index (χ3v) is 6.64. The number of carbonyl (C=O) groups excluding carboxylic acids is 1. The Morgan fingerprint density at radius 2 is 1.83 bits per heavy atom. The summed E-state index contributed by atoms with van der Waals surface area (Å²) in [5.74, 6) is 0.645. The van der Waals surface area contributed by atoms with Gasteiger partial charge in [0.1, 0.15) is 28.1 Å². The van der Waals surface area contributed by atoms with Crippen LogP contribution < -0.4 is 4.90 Å². The second-order valence-corrected chi connectivity index (χ2v) is 8.39. The number of fused-ring (bicyclic) bond motifs is 1. The van der Waals surface area contributed by atoms with Gasteiger partial charge in [0.05, 0.1) is 4.88 Å². The fourth-order valence-corrected chi connectivity index (χ4v) is 5.02. The zero-order valence-corrected chi connectivity index (χ0v) is 16.9. The van der Waals surface area contributed by atoms with Gasteiger partial charge in [0.25, 0.3) is 5.91 Å². The van der Waals surface area contributed by atoms with Gasteiger partial charge in [0.2, 0.25) is 0 Å². The highest BCUT2D eigenvalue weighted by molar-refractivity contribution is 7.14. The van der Waals surface area contributed by atoms with Crippen LogP contribution in [0.3, 0.4) is 0 Å². The lowest BCUT2D eigenvalue weighted by atomic mass is 10.1. The van der Waals surface area contributed by atoms with Crippen LogP contribution in [0.15, 0.2) is 48.1 Å². The molecule has 1 aromatic carbocycles. The number of halogens is 1. The second kappa shape index (κ2) is 7.49. The summed E-state index contributed by atoms with van der Waals surface area (Å²) in [6, 6.07) is 10.0. The van der Waals surface area contributed by atoms with E-state index < -0.39 is 0 Å². The molecule has 1 fully saturated rings. The van der Waals surface area contributed by atoms with Crippen molar-refractivity contribution in [1.29, 1.82) is 0 Å². The van der Waals surface area contributed by atoms with Crippen LogP contribution in [-0.2, 0) is 0 Å². The monoisotopic (exact) mass is 425 g/mol. The second-order valence-electron chi connectivity index (χ2n) is 6.67. The number of nitrogens with zero attached hydrogens (tertiary/aromatic N) is 5. The highest BCUT2D eigenvalue weighted by Crippen LogP contribution is 2.34. The molecule has 0 spiro atoms. The Kier molecular flexibility index (Phi) is 4.69. The lowest BCUT2D eigenvalue weighted by Crippen LogP contribution is -2.48. The van der Waals surface area contributed by atoms with E-state index >= 15 is 0 Å². The Morgan fingerprint density at radius 3 is 2.55 bits per heavy atom. The summed E-state index contributed by atoms with van der Waals surface area (Å²) >= 11 is 2.82. The number of hydrogen-bond donors (Lipinski definition) is 0. The van der Waals surface area contributed by atoms with E-state index in [2.05, 4.69) is 19.2 Å². The third kappa shape index (κ3) is 3.36. The van der Waals surface area contributed by atoms with Crippen molar-refractivity contribution >= 4 is 44.8 Å². The molecule has 3 aromatic heterocycles. The van der Waals surface area contributed by atoms with Crippen LogP contribution in [0.25, 0.3) is 21.5 Å². The topological polar surface area (TPSA) is 62.2 Å². The van der Waals surface area contributed by atoms with E-state index in [0.717, 1.165) is 32.2 Å². The first-order valence-electron chi connectivity index (χ1n) is 9.15. The fraction of sp³-hybridized carbons (Fsp3) is 0.200. The summed E-state index contributed by atoms with van der Waals surface area (Å²) in [5, 5.41) is 1.92. The number of amides is 1. The normalized spacial score (nSPS) is 14.5. The van der Waals surface area contributed by atoms with Gasteiger partial charge in [-0.25, -0.2) is 14.4 Å². The zero-order valence-electron chi connectivity index (χ0n) is 15.3. The molecule has 29 heavy (non-hydrogen) atoms. The number of thiophene rings is 1. The Morgan fingerprint density at radius 1 is 1.03 bits per heavy atom. The Bertz CT molecular complexity index is 1150. The highest BCUT2D eigenvalue weighted by Gasteiger charge is 2.25. The van der Waals surface area contributed by atoms with Crippen LogP contribution >= 0.6 is 22.9 Å². The molecule has 0 aliphatic carbocycles. The Hall–Kier alpha value is -2.91. The van der Waals surface area contributed by atoms with Crippen LogP contribution in [0.5, 0.6) is 0 Å². The molecule has 6 nitrogen and oxygen atoms in total. The molecule has 5 rings (SSSR count). The summed E-state index contributed by atoms with van der Waals surface area (Å²) in [5.41, 5.74) is 2.33. The summed E-state index contributed by atoms with van der Waals surface area (Å²) in [6.07, 6.45) is 1.54. The lowest BCUT2D eigenvalue weighted by Gasteiger charge is -2.35. The van der Waals surface area contributed by atoms with Crippen molar-refractivity contribution in [2.45, 2.75) is 0 Å². The molecule has 146 valence electrons. The number of anilines is 1. The molecule has 1 amide bonds. The van der Waals surface area contributed by atoms with E-state index in [-0.39, 0.29) is 11.7 Å². The number of piperazine rings is 1. The SMILES string of the molecule is O=C(c1cccs1)N1CCN(c2ncnc3c(-c4ccc(F)cc4)nsc23)CC1. The predicted octanol–water partition coefficient (Wildman–Crippen LogP) is 3.92. The van der Waals surface area contributed by atoms with Crippen molar-refractivity contribution < 1.29 is 9.18 Å². The Balaban J connectivity index is 1.39. The lowest BCUT2D eigenvalue weighted by molar-refractivity contribution is 0.0751. The van der Waals surface area contributed by atoms with E-state index in [1.807, 2.05) is 22.4 Å². The molecular weight excluding hydrogens is 409 g/mol. The van der Waals surface area contributed by atoms with Crippen molar-refractivity contribution in [1.82, 2.24) is 19.2 Å². The van der Waals surface area contributed by atoms with Crippen molar-refractivity contribution in [3.05, 3.63) is 58.8 Å². The summed E-state index contributed by atoms with van der Waals surface area (Å²) < 4.78 is 18.7. The maximum absolute atomic E-state index is 13.3. The first-order chi connectivity index (χ1) is 14.2. The quantitative estimate of drug-likeness (QED) is 0.498. The average Bonchev–Trinajstić information content (AvgIpc) is 3.44. The van der Waals surface area contributed by atoms with Gasteiger partial charge in [-0.2, -0.15) is 4.37 Å². The average molecular weight is 426 g/mol. The minimum atomic E-state index is -0.279. The van der Waals surface area contributed by atoms with Gasteiger partial charge in [-0.1, -0.05) is 6.07 Å². The molecule has 0 radical (unpaired) electrons. The minimum Gasteiger partial charge on any atom is -0.352 e. The highest BCUT2D eigenvalue weighted by atomic mass is 32.1. The number of rotatable bonds is 3. The van der Waals surface area contributed by atoms with Crippen molar-refractivity contribution in [2.24, 2.45) is 0 Å². The third-order valence-electron chi connectivity index (χ3n) is 4.95. The standard InChI is InChI=1S/C20H16FN5OS2/c21-14-5-3-13(4-6-14)16-17-18(29-24-16)19(23-12-22-17)25-7-9-26(10-8-25)20(27)15-2-1-11-28-15/h1-6,11-12H,7-10H2. The van der Waals surface area contributed by atoms with Gasteiger partial charge in [-0.05, 0) is 47.2 Å². The van der Waals surface area contributed by atoms with Gasteiger partial charge >= 0.3 is 0 Å². The van der Waals surface area contributed by atoms with Crippen LogP contribution in [-0.4, -0.2) is 51.3 Å². The summed E-state index contributed by atoms with van der Waals surface area (Å²) in [7, 11) is 0. The van der Waals surface area contributed by atoms with E-state index in [9.17, 15) is 9.18 Å². The van der Waals surface area contributed by atoms with Gasteiger partial charge in [0.15, 0.2) is 5.82 Å². The molecule has 0 atom stereocenters. The van der Waals surface area contributed by atoms with Crippen molar-refractivity contribution in [3.8, 4) is 11.3 Å². The number of carbonyl (C=O) groups is 1. The summed E-state index contributed by atoms with van der Waals surface area (Å²) in [6.45, 7) is 2.69. The van der Waals surface area contributed by atoms with Crippen LogP contribution in [0, 0.1) is 5.82 Å². The Labute approximate surface area is 174 Å². The summed E-state index contributed by atoms with van der Waals surface area (Å²) in [4.78, 5) is 26.3. The molecule has 1 aliphatic rings. The van der Waals surface area contributed by atoms with E-state index in [0.29, 0.717) is 26.2 Å². The molecule has 1 saturated heterocycles. The molecule has 0 unspecified atom stereocenters. The molecule has 0 saturated carbocycles.